The van der Waals surface area contributed by atoms with Gasteiger partial charge in [-0.2, -0.15) is 0 Å². The van der Waals surface area contributed by atoms with E-state index in [4.69, 9.17) is 17.3 Å². The van der Waals surface area contributed by atoms with Gasteiger partial charge in [0.05, 0.1) is 12.0 Å². The molecule has 0 aliphatic heterocycles. The lowest BCUT2D eigenvalue weighted by molar-refractivity contribution is -0.127. The Morgan fingerprint density at radius 3 is 2.10 bits per heavy atom. The average molecular weight is 297 g/mol. The van der Waals surface area contributed by atoms with Crippen molar-refractivity contribution in [3.63, 3.8) is 0 Å². The number of carbonyl (C=O) groups is 1. The van der Waals surface area contributed by atoms with Gasteiger partial charge in [-0.05, 0) is 29.5 Å². The highest BCUT2D eigenvalue weighted by Gasteiger charge is 2.25. The molecule has 20 heavy (non-hydrogen) atoms. The van der Waals surface area contributed by atoms with Crippen LogP contribution < -0.4 is 11.1 Å². The van der Waals surface area contributed by atoms with Crippen LogP contribution in [-0.4, -0.2) is 12.5 Å². The molecule has 0 heterocycles. The van der Waals surface area contributed by atoms with Crippen molar-refractivity contribution in [2.75, 3.05) is 6.54 Å². The van der Waals surface area contributed by atoms with Crippen molar-refractivity contribution < 1.29 is 4.79 Å². The Kier molecular flexibility index (Phi) is 6.50. The predicted molar refractivity (Wildman–Crippen MR) is 84.6 cm³/mol. The van der Waals surface area contributed by atoms with Gasteiger partial charge in [0.25, 0.3) is 0 Å². The molecule has 0 aliphatic rings. The van der Waals surface area contributed by atoms with Crippen LogP contribution in [0.3, 0.4) is 0 Å². The zero-order valence-corrected chi connectivity index (χ0v) is 13.4. The highest BCUT2D eigenvalue weighted by Crippen LogP contribution is 2.24. The summed E-state index contributed by atoms with van der Waals surface area (Å²) in [5, 5.41) is 3.82. The van der Waals surface area contributed by atoms with Crippen LogP contribution in [0.1, 0.15) is 39.3 Å². The van der Waals surface area contributed by atoms with Crippen LogP contribution >= 0.6 is 11.6 Å². The average Bonchev–Trinajstić information content (AvgIpc) is 2.37. The fraction of sp³-hybridized carbons (Fsp3) is 0.562. The number of rotatable bonds is 6. The van der Waals surface area contributed by atoms with Crippen molar-refractivity contribution in [2.45, 2.75) is 33.7 Å². The van der Waals surface area contributed by atoms with E-state index in [-0.39, 0.29) is 23.8 Å². The molecule has 0 aliphatic carbocycles. The summed E-state index contributed by atoms with van der Waals surface area (Å²) < 4.78 is 0. The maximum Gasteiger partial charge on any atom is 0.225 e. The quantitative estimate of drug-likeness (QED) is 0.845. The molecule has 0 radical (unpaired) electrons. The van der Waals surface area contributed by atoms with Crippen LogP contribution in [-0.2, 0) is 4.79 Å². The minimum absolute atomic E-state index is 0.0208. The molecule has 4 heteroatoms. The van der Waals surface area contributed by atoms with Gasteiger partial charge in [0.2, 0.25) is 5.91 Å². The second-order valence-corrected chi connectivity index (χ2v) is 6.30. The summed E-state index contributed by atoms with van der Waals surface area (Å²) in [6.45, 7) is 8.58. The number of benzene rings is 1. The number of carbonyl (C=O) groups excluding carboxylic acids is 1. The Morgan fingerprint density at radius 2 is 1.70 bits per heavy atom. The molecule has 112 valence electrons. The number of hydrogen-bond acceptors (Lipinski definition) is 2. The lowest BCUT2D eigenvalue weighted by Crippen LogP contribution is -2.41. The van der Waals surface area contributed by atoms with Crippen LogP contribution in [0, 0.1) is 17.8 Å². The summed E-state index contributed by atoms with van der Waals surface area (Å²) in [5.74, 6) is 0.406. The molecule has 3 nitrogen and oxygen atoms in total. The Bertz CT molecular complexity index is 429. The molecular formula is C16H25ClN2O. The number of amides is 1. The van der Waals surface area contributed by atoms with Crippen molar-refractivity contribution in [1.29, 1.82) is 0 Å². The summed E-state index contributed by atoms with van der Waals surface area (Å²) in [4.78, 5) is 12.4. The summed E-state index contributed by atoms with van der Waals surface area (Å²) >= 11 is 5.91. The molecule has 0 spiro atoms. The maximum atomic E-state index is 12.4. The topological polar surface area (TPSA) is 55.1 Å². The van der Waals surface area contributed by atoms with Gasteiger partial charge in [0, 0.05) is 11.6 Å². The van der Waals surface area contributed by atoms with Gasteiger partial charge in [-0.3, -0.25) is 4.79 Å². The molecule has 3 N–H and O–H groups in total. The third-order valence-electron chi connectivity index (χ3n) is 3.59. The van der Waals surface area contributed by atoms with E-state index in [9.17, 15) is 4.79 Å². The van der Waals surface area contributed by atoms with E-state index in [2.05, 4.69) is 19.2 Å². The summed E-state index contributed by atoms with van der Waals surface area (Å²) in [6, 6.07) is 7.59. The molecule has 0 aromatic heterocycles. The SMILES string of the molecule is CC(C)C(CN)C(=O)NC(c1ccc(Cl)cc1)C(C)C. The van der Waals surface area contributed by atoms with Crippen LogP contribution in [0.4, 0.5) is 0 Å². The number of halogens is 1. The standard InChI is InChI=1S/C16H25ClN2O/c1-10(2)14(9-18)16(20)19-15(11(3)4)12-5-7-13(17)8-6-12/h5-8,10-11,14-15H,9,18H2,1-4H3,(H,19,20). The summed E-state index contributed by atoms with van der Waals surface area (Å²) in [7, 11) is 0. The van der Waals surface area contributed by atoms with E-state index in [0.29, 0.717) is 17.5 Å². The number of hydrogen-bond donors (Lipinski definition) is 2. The van der Waals surface area contributed by atoms with E-state index in [1.54, 1.807) is 0 Å². The lowest BCUT2D eigenvalue weighted by Gasteiger charge is -2.27. The maximum absolute atomic E-state index is 12.4. The molecule has 0 saturated heterocycles. The molecule has 2 unspecified atom stereocenters. The zero-order chi connectivity index (χ0) is 15.3. The minimum atomic E-state index is -0.149. The van der Waals surface area contributed by atoms with Gasteiger partial charge in [-0.1, -0.05) is 51.4 Å². The Hall–Kier alpha value is -1.06. The van der Waals surface area contributed by atoms with Crippen LogP contribution in [0.25, 0.3) is 0 Å². The van der Waals surface area contributed by atoms with Gasteiger partial charge < -0.3 is 11.1 Å². The first-order valence-corrected chi connectivity index (χ1v) is 7.50. The molecule has 0 bridgehead atoms. The second kappa shape index (κ2) is 7.65. The van der Waals surface area contributed by atoms with Crippen molar-refractivity contribution in [1.82, 2.24) is 5.32 Å². The smallest absolute Gasteiger partial charge is 0.225 e. The van der Waals surface area contributed by atoms with Gasteiger partial charge in [0.15, 0.2) is 0 Å². The van der Waals surface area contributed by atoms with E-state index < -0.39 is 0 Å². The Balaban J connectivity index is 2.88. The van der Waals surface area contributed by atoms with Gasteiger partial charge >= 0.3 is 0 Å². The van der Waals surface area contributed by atoms with Gasteiger partial charge in [-0.15, -0.1) is 0 Å². The Morgan fingerprint density at radius 1 is 1.15 bits per heavy atom. The van der Waals surface area contributed by atoms with E-state index in [1.807, 2.05) is 38.1 Å². The highest BCUT2D eigenvalue weighted by atomic mass is 35.5. The minimum Gasteiger partial charge on any atom is -0.349 e. The first kappa shape index (κ1) is 17.0. The normalized spacial score (nSPS) is 14.4. The fourth-order valence-electron chi connectivity index (χ4n) is 2.25. The molecule has 1 rings (SSSR count). The van der Waals surface area contributed by atoms with Crippen molar-refractivity contribution in [2.24, 2.45) is 23.5 Å². The number of nitrogens with one attached hydrogen (secondary N) is 1. The van der Waals surface area contributed by atoms with E-state index in [0.717, 1.165) is 5.56 Å². The Labute approximate surface area is 126 Å². The number of nitrogens with two attached hydrogens (primary N) is 1. The van der Waals surface area contributed by atoms with Gasteiger partial charge in [-0.25, -0.2) is 0 Å². The van der Waals surface area contributed by atoms with Crippen LogP contribution in [0.2, 0.25) is 5.02 Å². The predicted octanol–water partition coefficient (Wildman–Crippen LogP) is 3.38. The first-order chi connectivity index (χ1) is 9.36. The van der Waals surface area contributed by atoms with Gasteiger partial charge in [0.1, 0.15) is 0 Å². The molecule has 1 amide bonds. The summed E-state index contributed by atoms with van der Waals surface area (Å²) in [6.07, 6.45) is 0. The lowest BCUT2D eigenvalue weighted by atomic mass is 9.92. The molecule has 2 atom stereocenters. The largest absolute Gasteiger partial charge is 0.349 e. The van der Waals surface area contributed by atoms with Crippen molar-refractivity contribution in [3.8, 4) is 0 Å². The summed E-state index contributed by atoms with van der Waals surface area (Å²) in [5.41, 5.74) is 6.77. The third-order valence-corrected chi connectivity index (χ3v) is 3.84. The van der Waals surface area contributed by atoms with Crippen LogP contribution in [0.5, 0.6) is 0 Å². The van der Waals surface area contributed by atoms with Crippen LogP contribution in [0.15, 0.2) is 24.3 Å². The van der Waals surface area contributed by atoms with E-state index >= 15 is 0 Å². The monoisotopic (exact) mass is 296 g/mol. The van der Waals surface area contributed by atoms with Crippen molar-refractivity contribution >= 4 is 17.5 Å². The third kappa shape index (κ3) is 4.50. The molecule has 0 fully saturated rings. The molecule has 1 aromatic carbocycles. The van der Waals surface area contributed by atoms with E-state index in [1.165, 1.54) is 0 Å². The highest BCUT2D eigenvalue weighted by molar-refractivity contribution is 6.30. The second-order valence-electron chi connectivity index (χ2n) is 5.87. The zero-order valence-electron chi connectivity index (χ0n) is 12.7. The molecule has 0 saturated carbocycles. The fourth-order valence-corrected chi connectivity index (χ4v) is 2.37. The van der Waals surface area contributed by atoms with Crippen molar-refractivity contribution in [3.05, 3.63) is 34.9 Å². The molecule has 1 aromatic rings. The molecular weight excluding hydrogens is 272 g/mol. The first-order valence-electron chi connectivity index (χ1n) is 7.12.